The molecule has 150 valence electrons. The first-order valence-corrected chi connectivity index (χ1v) is 9.55. The Balaban J connectivity index is 1.40. The number of ether oxygens (including phenoxy) is 1. The summed E-state index contributed by atoms with van der Waals surface area (Å²) in [6, 6.07) is 13.6. The molecule has 0 fully saturated rings. The SMILES string of the molecule is CC1(C)CC(NC(=O)CCc2nnc(-c3ccccc3)o2)c2ccc(F)cc2O1. The zero-order valence-corrected chi connectivity index (χ0v) is 16.3. The van der Waals surface area contributed by atoms with Gasteiger partial charge in [0.2, 0.25) is 17.7 Å². The molecule has 0 spiro atoms. The molecule has 3 aromatic rings. The topological polar surface area (TPSA) is 77.3 Å². The number of aryl methyl sites for hydroxylation is 1. The lowest BCUT2D eigenvalue weighted by Crippen LogP contribution is -2.41. The molecule has 2 aromatic carbocycles. The first kappa shape index (κ1) is 19.1. The molecule has 4 rings (SSSR count). The van der Waals surface area contributed by atoms with E-state index in [1.165, 1.54) is 12.1 Å². The van der Waals surface area contributed by atoms with Crippen LogP contribution in [0.2, 0.25) is 0 Å². The third-order valence-electron chi connectivity index (χ3n) is 4.82. The first-order chi connectivity index (χ1) is 13.9. The number of rotatable bonds is 5. The van der Waals surface area contributed by atoms with Crippen molar-refractivity contribution in [1.82, 2.24) is 15.5 Å². The van der Waals surface area contributed by atoms with Crippen molar-refractivity contribution in [3.63, 3.8) is 0 Å². The van der Waals surface area contributed by atoms with Crippen LogP contribution in [0.3, 0.4) is 0 Å². The largest absolute Gasteiger partial charge is 0.487 e. The summed E-state index contributed by atoms with van der Waals surface area (Å²) in [7, 11) is 0. The molecule has 1 aliphatic heterocycles. The Morgan fingerprint density at radius 2 is 2.00 bits per heavy atom. The Kier molecular flexibility index (Phi) is 5.05. The van der Waals surface area contributed by atoms with E-state index in [0.29, 0.717) is 30.4 Å². The number of nitrogens with zero attached hydrogens (tertiary/aromatic N) is 2. The van der Waals surface area contributed by atoms with E-state index in [4.69, 9.17) is 9.15 Å². The summed E-state index contributed by atoms with van der Waals surface area (Å²) in [5.74, 6) is 0.812. The monoisotopic (exact) mass is 395 g/mol. The van der Waals surface area contributed by atoms with E-state index in [1.807, 2.05) is 44.2 Å². The third-order valence-corrected chi connectivity index (χ3v) is 4.82. The van der Waals surface area contributed by atoms with Gasteiger partial charge >= 0.3 is 0 Å². The zero-order valence-electron chi connectivity index (χ0n) is 16.3. The fourth-order valence-electron chi connectivity index (χ4n) is 3.49. The molecule has 1 aromatic heterocycles. The van der Waals surface area contributed by atoms with Crippen LogP contribution in [0.4, 0.5) is 4.39 Å². The van der Waals surface area contributed by atoms with Crippen LogP contribution in [0.25, 0.3) is 11.5 Å². The average Bonchev–Trinajstić information content (AvgIpc) is 3.15. The van der Waals surface area contributed by atoms with Crippen molar-refractivity contribution in [2.45, 2.75) is 44.8 Å². The summed E-state index contributed by atoms with van der Waals surface area (Å²) in [6.45, 7) is 3.84. The second kappa shape index (κ2) is 7.66. The molecule has 29 heavy (non-hydrogen) atoms. The highest BCUT2D eigenvalue weighted by molar-refractivity contribution is 5.76. The number of benzene rings is 2. The van der Waals surface area contributed by atoms with Gasteiger partial charge in [0.15, 0.2) is 0 Å². The minimum atomic E-state index is -0.504. The summed E-state index contributed by atoms with van der Waals surface area (Å²) in [6.07, 6.45) is 1.15. The number of carbonyl (C=O) groups is 1. The number of halogens is 1. The fraction of sp³-hybridized carbons (Fsp3) is 0.318. The normalized spacial score (nSPS) is 17.3. The zero-order chi connectivity index (χ0) is 20.4. The summed E-state index contributed by atoms with van der Waals surface area (Å²) in [5.41, 5.74) is 1.11. The smallest absolute Gasteiger partial charge is 0.247 e. The van der Waals surface area contributed by atoms with Crippen LogP contribution in [0.1, 0.15) is 44.2 Å². The fourth-order valence-corrected chi connectivity index (χ4v) is 3.49. The van der Waals surface area contributed by atoms with Gasteiger partial charge in [0.25, 0.3) is 0 Å². The minimum absolute atomic E-state index is 0.137. The van der Waals surface area contributed by atoms with Crippen LogP contribution >= 0.6 is 0 Å². The van der Waals surface area contributed by atoms with Crippen molar-refractivity contribution in [2.24, 2.45) is 0 Å². The molecular formula is C22H22FN3O3. The highest BCUT2D eigenvalue weighted by atomic mass is 19.1. The van der Waals surface area contributed by atoms with Crippen molar-refractivity contribution in [3.8, 4) is 17.2 Å². The number of carbonyl (C=O) groups excluding carboxylic acids is 1. The summed E-state index contributed by atoms with van der Waals surface area (Å²) in [4.78, 5) is 12.5. The van der Waals surface area contributed by atoms with Crippen LogP contribution in [0.5, 0.6) is 5.75 Å². The predicted molar refractivity (Wildman–Crippen MR) is 105 cm³/mol. The number of hydrogen-bond donors (Lipinski definition) is 1. The summed E-state index contributed by atoms with van der Waals surface area (Å²) in [5, 5.41) is 11.1. The number of aromatic nitrogens is 2. The van der Waals surface area contributed by atoms with Gasteiger partial charge < -0.3 is 14.5 Å². The quantitative estimate of drug-likeness (QED) is 0.700. The van der Waals surface area contributed by atoms with Gasteiger partial charge in [-0.1, -0.05) is 24.3 Å². The summed E-state index contributed by atoms with van der Waals surface area (Å²) >= 11 is 0. The van der Waals surface area contributed by atoms with E-state index in [-0.39, 0.29) is 24.2 Å². The maximum absolute atomic E-state index is 13.6. The van der Waals surface area contributed by atoms with Gasteiger partial charge in [0.1, 0.15) is 17.2 Å². The highest BCUT2D eigenvalue weighted by Crippen LogP contribution is 2.39. The van der Waals surface area contributed by atoms with Crippen LogP contribution in [0.15, 0.2) is 52.9 Å². The molecule has 1 atom stereocenters. The second-order valence-corrected chi connectivity index (χ2v) is 7.74. The van der Waals surface area contributed by atoms with E-state index in [1.54, 1.807) is 6.07 Å². The minimum Gasteiger partial charge on any atom is -0.487 e. The Hall–Kier alpha value is -3.22. The third kappa shape index (κ3) is 4.45. The van der Waals surface area contributed by atoms with Gasteiger partial charge in [-0.2, -0.15) is 0 Å². The van der Waals surface area contributed by atoms with E-state index in [9.17, 15) is 9.18 Å². The second-order valence-electron chi connectivity index (χ2n) is 7.74. The van der Waals surface area contributed by atoms with Crippen molar-refractivity contribution >= 4 is 5.91 Å². The average molecular weight is 395 g/mol. The molecule has 0 saturated heterocycles. The maximum atomic E-state index is 13.6. The molecule has 0 radical (unpaired) electrons. The number of nitrogens with one attached hydrogen (secondary N) is 1. The molecule has 0 saturated carbocycles. The van der Waals surface area contributed by atoms with Gasteiger partial charge in [-0.3, -0.25) is 4.79 Å². The molecule has 1 aliphatic rings. The lowest BCUT2D eigenvalue weighted by Gasteiger charge is -2.37. The van der Waals surface area contributed by atoms with Gasteiger partial charge in [-0.15, -0.1) is 10.2 Å². The molecule has 1 amide bonds. The molecule has 0 aliphatic carbocycles. The van der Waals surface area contributed by atoms with Crippen molar-refractivity contribution in [3.05, 3.63) is 65.8 Å². The molecular weight excluding hydrogens is 373 g/mol. The van der Waals surface area contributed by atoms with Gasteiger partial charge in [-0.05, 0) is 32.0 Å². The van der Waals surface area contributed by atoms with E-state index >= 15 is 0 Å². The number of hydrogen-bond acceptors (Lipinski definition) is 5. The van der Waals surface area contributed by atoms with Gasteiger partial charge in [0, 0.05) is 36.5 Å². The molecule has 7 heteroatoms. The number of fused-ring (bicyclic) bond motifs is 1. The Morgan fingerprint density at radius 3 is 2.79 bits per heavy atom. The highest BCUT2D eigenvalue weighted by Gasteiger charge is 2.34. The van der Waals surface area contributed by atoms with Crippen molar-refractivity contribution in [2.75, 3.05) is 0 Å². The predicted octanol–water partition coefficient (Wildman–Crippen LogP) is 4.23. The molecule has 1 N–H and O–H groups in total. The maximum Gasteiger partial charge on any atom is 0.247 e. The lowest BCUT2D eigenvalue weighted by atomic mass is 9.89. The Morgan fingerprint density at radius 1 is 1.21 bits per heavy atom. The van der Waals surface area contributed by atoms with Gasteiger partial charge in [-0.25, -0.2) is 4.39 Å². The Bertz CT molecular complexity index is 1020. The lowest BCUT2D eigenvalue weighted by molar-refractivity contribution is -0.122. The van der Waals surface area contributed by atoms with Crippen LogP contribution in [0, 0.1) is 5.82 Å². The van der Waals surface area contributed by atoms with E-state index < -0.39 is 5.60 Å². The molecule has 1 unspecified atom stereocenters. The van der Waals surface area contributed by atoms with Crippen molar-refractivity contribution < 1.29 is 18.3 Å². The van der Waals surface area contributed by atoms with E-state index in [2.05, 4.69) is 15.5 Å². The summed E-state index contributed by atoms with van der Waals surface area (Å²) < 4.78 is 25.1. The van der Waals surface area contributed by atoms with Crippen LogP contribution < -0.4 is 10.1 Å². The molecule has 2 heterocycles. The van der Waals surface area contributed by atoms with Crippen LogP contribution in [-0.4, -0.2) is 21.7 Å². The van der Waals surface area contributed by atoms with E-state index in [0.717, 1.165) is 11.1 Å². The number of amides is 1. The van der Waals surface area contributed by atoms with Gasteiger partial charge in [0.05, 0.1) is 6.04 Å². The standard InChI is InChI=1S/C22H22FN3O3/c1-22(2)13-17(16-9-8-15(23)12-18(16)29-22)24-19(27)10-11-20-25-26-21(28-20)14-6-4-3-5-7-14/h3-9,12,17H,10-11,13H2,1-2H3,(H,24,27). The molecule has 0 bridgehead atoms. The Labute approximate surface area is 168 Å². The molecule has 6 nitrogen and oxygen atoms in total. The van der Waals surface area contributed by atoms with Crippen LogP contribution in [-0.2, 0) is 11.2 Å². The van der Waals surface area contributed by atoms with Crippen molar-refractivity contribution in [1.29, 1.82) is 0 Å². The first-order valence-electron chi connectivity index (χ1n) is 9.55.